The van der Waals surface area contributed by atoms with Crippen LogP contribution >= 0.6 is 0 Å². The molecule has 7 unspecified atom stereocenters. The Kier molecular flexibility index (Phi) is 52.1. The average molecular weight is 1050 g/mol. The fourth-order valence-electron chi connectivity index (χ4n) is 10.3. The van der Waals surface area contributed by atoms with E-state index in [1.54, 1.807) is 6.08 Å². The Labute approximate surface area is 457 Å². The van der Waals surface area contributed by atoms with Gasteiger partial charge in [0.15, 0.2) is 6.29 Å². The van der Waals surface area contributed by atoms with Gasteiger partial charge in [-0.15, -0.1) is 0 Å². The minimum atomic E-state index is -1.57. The first-order valence-electron chi connectivity index (χ1n) is 32.2. The molecule has 1 aliphatic heterocycles. The van der Waals surface area contributed by atoms with Crippen LogP contribution in [0.1, 0.15) is 316 Å². The number of ether oxygens (including phenoxy) is 2. The van der Waals surface area contributed by atoms with Gasteiger partial charge in [0.05, 0.1) is 25.4 Å². The molecule has 436 valence electrons. The molecule has 9 heteroatoms. The molecule has 0 aromatic heterocycles. The minimum Gasteiger partial charge on any atom is -0.394 e. The van der Waals surface area contributed by atoms with E-state index in [-0.39, 0.29) is 12.5 Å². The normalized spacial score (nSPS) is 19.1. The summed E-state index contributed by atoms with van der Waals surface area (Å²) in [6.45, 7) is 3.80. The Morgan fingerprint density at radius 3 is 1.14 bits per heavy atom. The number of carbonyl (C=O) groups is 1. The second-order valence-corrected chi connectivity index (χ2v) is 22.5. The van der Waals surface area contributed by atoms with Crippen molar-refractivity contribution < 1.29 is 39.8 Å². The Hall–Kier alpha value is -1.59. The number of amides is 1. The van der Waals surface area contributed by atoms with Gasteiger partial charge in [-0.05, 0) is 57.8 Å². The molecular weight excluding hydrogens is 923 g/mol. The highest BCUT2D eigenvalue weighted by molar-refractivity contribution is 5.76. The summed E-state index contributed by atoms with van der Waals surface area (Å²) in [5.74, 6) is -0.185. The van der Waals surface area contributed by atoms with Crippen LogP contribution in [0.15, 0.2) is 36.5 Å². The maximum Gasteiger partial charge on any atom is 0.220 e. The second kappa shape index (κ2) is 54.8. The quantitative estimate of drug-likeness (QED) is 0.0261. The first-order valence-corrected chi connectivity index (χ1v) is 32.2. The number of hydrogen-bond donors (Lipinski definition) is 6. The summed E-state index contributed by atoms with van der Waals surface area (Å²) in [4.78, 5) is 13.1. The van der Waals surface area contributed by atoms with E-state index >= 15 is 0 Å². The SMILES string of the molecule is CCCCCCCC/C=C\CCCCCCCCCCCC(=O)NC(COC1OC(CO)C(O)C(O)C1O)C(O)/C=C/CC/C=C/CCCCCCCCCCCCCCCCCCCCCCCCCCCC. The topological polar surface area (TPSA) is 149 Å². The molecule has 1 heterocycles. The Bertz CT molecular complexity index is 1260. The predicted molar refractivity (Wildman–Crippen MR) is 313 cm³/mol. The zero-order valence-electron chi connectivity index (χ0n) is 48.6. The van der Waals surface area contributed by atoms with Gasteiger partial charge < -0.3 is 40.3 Å². The summed E-state index contributed by atoms with van der Waals surface area (Å²) in [6, 6.07) is -0.823. The molecule has 0 aliphatic carbocycles. The van der Waals surface area contributed by atoms with Crippen molar-refractivity contribution in [3.05, 3.63) is 36.5 Å². The minimum absolute atomic E-state index is 0.185. The number of allylic oxidation sites excluding steroid dienone is 5. The highest BCUT2D eigenvalue weighted by Crippen LogP contribution is 2.23. The van der Waals surface area contributed by atoms with E-state index in [0.717, 1.165) is 38.5 Å². The molecule has 1 rings (SSSR count). The smallest absolute Gasteiger partial charge is 0.220 e. The monoisotopic (exact) mass is 1050 g/mol. The van der Waals surface area contributed by atoms with Crippen molar-refractivity contribution in [2.45, 2.75) is 358 Å². The lowest BCUT2D eigenvalue weighted by molar-refractivity contribution is -0.302. The summed E-state index contributed by atoms with van der Waals surface area (Å²) in [7, 11) is 0. The standard InChI is InChI=1S/C65H123NO8/c1-3-5-7-9-11-13-15-17-19-21-23-24-25-26-27-28-29-30-31-32-33-34-35-37-38-40-42-44-46-48-50-52-54-59(68)58(57-73-65-64(72)63(71)62(70)60(56-67)74-65)66-61(69)55-53-51-49-47-45-43-41-39-36-22-20-18-16-14-12-10-8-6-4-2/h18,20,44,46,52,54,58-60,62-65,67-68,70-72H,3-17,19,21-43,45,47-51,53,55-57H2,1-2H3,(H,66,69)/b20-18-,46-44+,54-52+. The number of rotatable bonds is 56. The summed E-state index contributed by atoms with van der Waals surface area (Å²) < 4.78 is 11.3. The molecule has 0 saturated carbocycles. The van der Waals surface area contributed by atoms with Gasteiger partial charge in [0.25, 0.3) is 0 Å². The van der Waals surface area contributed by atoms with Crippen molar-refractivity contribution in [2.24, 2.45) is 0 Å². The van der Waals surface area contributed by atoms with Crippen molar-refractivity contribution in [2.75, 3.05) is 13.2 Å². The molecule has 1 amide bonds. The van der Waals surface area contributed by atoms with Gasteiger partial charge in [-0.25, -0.2) is 0 Å². The van der Waals surface area contributed by atoms with Crippen molar-refractivity contribution in [3.63, 3.8) is 0 Å². The molecule has 1 saturated heterocycles. The highest BCUT2D eigenvalue weighted by atomic mass is 16.7. The van der Waals surface area contributed by atoms with Gasteiger partial charge in [-0.2, -0.15) is 0 Å². The van der Waals surface area contributed by atoms with Crippen molar-refractivity contribution >= 4 is 5.91 Å². The van der Waals surface area contributed by atoms with Gasteiger partial charge >= 0.3 is 0 Å². The van der Waals surface area contributed by atoms with Crippen molar-refractivity contribution in [1.82, 2.24) is 5.32 Å². The molecule has 6 N–H and O–H groups in total. The van der Waals surface area contributed by atoms with E-state index in [4.69, 9.17) is 9.47 Å². The molecule has 1 aliphatic rings. The van der Waals surface area contributed by atoms with Crippen LogP contribution in [0.5, 0.6) is 0 Å². The maximum atomic E-state index is 13.1. The molecule has 9 nitrogen and oxygen atoms in total. The van der Waals surface area contributed by atoms with E-state index in [0.29, 0.717) is 6.42 Å². The molecule has 0 aromatic carbocycles. The van der Waals surface area contributed by atoms with Crippen molar-refractivity contribution in [1.29, 1.82) is 0 Å². The fourth-order valence-corrected chi connectivity index (χ4v) is 10.3. The predicted octanol–water partition coefficient (Wildman–Crippen LogP) is 16.7. The molecule has 7 atom stereocenters. The van der Waals surface area contributed by atoms with Crippen LogP contribution in [-0.4, -0.2) is 87.5 Å². The van der Waals surface area contributed by atoms with Gasteiger partial charge in [0.2, 0.25) is 5.91 Å². The fraction of sp³-hybridized carbons (Fsp3) is 0.892. The van der Waals surface area contributed by atoms with E-state index in [1.165, 1.54) is 257 Å². The van der Waals surface area contributed by atoms with Gasteiger partial charge in [0, 0.05) is 6.42 Å². The second-order valence-electron chi connectivity index (χ2n) is 22.5. The first-order chi connectivity index (χ1) is 36.3. The average Bonchev–Trinajstić information content (AvgIpc) is 3.40. The molecule has 1 fully saturated rings. The molecule has 74 heavy (non-hydrogen) atoms. The summed E-state index contributed by atoms with van der Waals surface area (Å²) >= 11 is 0. The molecular formula is C65H123NO8. The van der Waals surface area contributed by atoms with Gasteiger partial charge in [-0.3, -0.25) is 4.79 Å². The Morgan fingerprint density at radius 2 is 0.770 bits per heavy atom. The highest BCUT2D eigenvalue weighted by Gasteiger charge is 2.44. The lowest BCUT2D eigenvalue weighted by atomic mass is 9.99. The van der Waals surface area contributed by atoms with E-state index in [2.05, 4.69) is 43.5 Å². The van der Waals surface area contributed by atoms with Crippen LogP contribution in [0.2, 0.25) is 0 Å². The molecule has 0 radical (unpaired) electrons. The van der Waals surface area contributed by atoms with Crippen LogP contribution in [-0.2, 0) is 14.3 Å². The first kappa shape index (κ1) is 70.4. The lowest BCUT2D eigenvalue weighted by Gasteiger charge is -2.40. The van der Waals surface area contributed by atoms with Crippen molar-refractivity contribution in [3.8, 4) is 0 Å². The number of nitrogens with one attached hydrogen (secondary N) is 1. The summed E-state index contributed by atoms with van der Waals surface area (Å²) in [5, 5.41) is 54.6. The maximum absolute atomic E-state index is 13.1. The van der Waals surface area contributed by atoms with Crippen LogP contribution in [0.4, 0.5) is 0 Å². The summed E-state index contributed by atoms with van der Waals surface area (Å²) in [6.07, 6.45) is 65.3. The molecule has 0 bridgehead atoms. The number of aliphatic hydroxyl groups is 5. The molecule has 0 aromatic rings. The number of hydrogen-bond acceptors (Lipinski definition) is 8. The molecule has 0 spiro atoms. The number of carbonyl (C=O) groups excluding carboxylic acids is 1. The Morgan fingerprint density at radius 1 is 0.446 bits per heavy atom. The van der Waals surface area contributed by atoms with E-state index < -0.39 is 49.5 Å². The van der Waals surface area contributed by atoms with E-state index in [1.807, 2.05) is 6.08 Å². The summed E-state index contributed by atoms with van der Waals surface area (Å²) in [5.41, 5.74) is 0. The van der Waals surface area contributed by atoms with Crippen LogP contribution in [0.3, 0.4) is 0 Å². The number of aliphatic hydroxyl groups excluding tert-OH is 5. The van der Waals surface area contributed by atoms with Crippen LogP contribution in [0.25, 0.3) is 0 Å². The Balaban J connectivity index is 2.17. The van der Waals surface area contributed by atoms with Gasteiger partial charge in [-0.1, -0.05) is 288 Å². The number of unbranched alkanes of at least 4 members (excludes halogenated alkanes) is 42. The third-order valence-electron chi connectivity index (χ3n) is 15.4. The third kappa shape index (κ3) is 43.4. The van der Waals surface area contributed by atoms with Crippen LogP contribution < -0.4 is 5.32 Å². The zero-order valence-corrected chi connectivity index (χ0v) is 48.6. The largest absolute Gasteiger partial charge is 0.394 e. The van der Waals surface area contributed by atoms with Crippen LogP contribution in [0, 0.1) is 0 Å². The zero-order chi connectivity index (χ0) is 53.6. The van der Waals surface area contributed by atoms with E-state index in [9.17, 15) is 30.3 Å². The lowest BCUT2D eigenvalue weighted by Crippen LogP contribution is -2.60. The van der Waals surface area contributed by atoms with Gasteiger partial charge in [0.1, 0.15) is 24.4 Å². The third-order valence-corrected chi connectivity index (χ3v) is 15.4.